The van der Waals surface area contributed by atoms with E-state index in [4.69, 9.17) is 0 Å². The lowest BCUT2D eigenvalue weighted by Gasteiger charge is -2.03. The van der Waals surface area contributed by atoms with Gasteiger partial charge in [0, 0.05) is 11.8 Å². The summed E-state index contributed by atoms with van der Waals surface area (Å²) in [6.07, 6.45) is 5.12. The van der Waals surface area contributed by atoms with Crippen LogP contribution in [-0.2, 0) is 0 Å². The number of carbonyl (C=O) groups excluding carboxylic acids is 1. The molecule has 0 aromatic heterocycles. The van der Waals surface area contributed by atoms with Gasteiger partial charge in [-0.15, -0.1) is 0 Å². The highest BCUT2D eigenvalue weighted by atomic mass is 16.2. The third kappa shape index (κ3) is 3.65. The van der Waals surface area contributed by atoms with Crippen molar-refractivity contribution < 1.29 is 4.79 Å². The fourth-order valence-corrected chi connectivity index (χ4v) is 1.73. The maximum atomic E-state index is 11.8. The zero-order valence-corrected chi connectivity index (χ0v) is 11.3. The normalized spacial score (nSPS) is 11.1. The number of nitrogens with zero attached hydrogens (tertiary/aromatic N) is 1. The van der Waals surface area contributed by atoms with E-state index in [1.807, 2.05) is 55.5 Å². The summed E-state index contributed by atoms with van der Waals surface area (Å²) < 4.78 is 0. The minimum atomic E-state index is -0.217. The number of hydrogen-bond acceptors (Lipinski definition) is 2. The van der Waals surface area contributed by atoms with Crippen molar-refractivity contribution in [3.8, 4) is 11.1 Å². The fourth-order valence-electron chi connectivity index (χ4n) is 1.73. The Morgan fingerprint density at radius 3 is 2.30 bits per heavy atom. The first-order chi connectivity index (χ1) is 9.81. The average Bonchev–Trinajstić information content (AvgIpc) is 2.52. The summed E-state index contributed by atoms with van der Waals surface area (Å²) in [5.41, 5.74) is 5.27. The second-order valence-corrected chi connectivity index (χ2v) is 4.19. The predicted octanol–water partition coefficient (Wildman–Crippen LogP) is 3.65. The first-order valence-corrected chi connectivity index (χ1v) is 6.41. The minimum Gasteiger partial charge on any atom is -0.267 e. The van der Waals surface area contributed by atoms with Crippen LogP contribution in [0.25, 0.3) is 11.1 Å². The van der Waals surface area contributed by atoms with Gasteiger partial charge >= 0.3 is 0 Å². The van der Waals surface area contributed by atoms with Gasteiger partial charge in [-0.2, -0.15) is 5.10 Å². The molecule has 20 heavy (non-hydrogen) atoms. The highest BCUT2D eigenvalue weighted by Gasteiger charge is 2.04. The Kier molecular flexibility index (Phi) is 4.84. The van der Waals surface area contributed by atoms with Gasteiger partial charge in [0.15, 0.2) is 0 Å². The molecular formula is C17H16N2O. The lowest BCUT2D eigenvalue weighted by atomic mass is 10.0. The molecule has 3 heteroatoms. The number of carbonyl (C=O) groups is 1. The Bertz CT molecular complexity index is 613. The molecule has 1 N–H and O–H groups in total. The molecule has 1 amide bonds. The molecule has 0 aliphatic carbocycles. The highest BCUT2D eigenvalue weighted by Crippen LogP contribution is 2.19. The van der Waals surface area contributed by atoms with Crippen molar-refractivity contribution in [2.24, 2.45) is 5.10 Å². The van der Waals surface area contributed by atoms with Crippen LogP contribution < -0.4 is 5.43 Å². The van der Waals surface area contributed by atoms with Crippen LogP contribution >= 0.6 is 0 Å². The maximum absolute atomic E-state index is 11.8. The van der Waals surface area contributed by atoms with Gasteiger partial charge in [0.05, 0.1) is 0 Å². The first-order valence-electron chi connectivity index (χ1n) is 6.41. The SMILES string of the molecule is C/C=C/C=N/NC(=O)c1ccc(-c2ccccc2)cc1. The fraction of sp³-hybridized carbons (Fsp3) is 0.0588. The molecule has 2 aromatic carbocycles. The molecule has 0 fully saturated rings. The Morgan fingerprint density at radius 1 is 1.00 bits per heavy atom. The lowest BCUT2D eigenvalue weighted by Crippen LogP contribution is -2.17. The van der Waals surface area contributed by atoms with E-state index in [0.29, 0.717) is 5.56 Å². The van der Waals surface area contributed by atoms with Crippen molar-refractivity contribution in [3.63, 3.8) is 0 Å². The molecule has 2 aromatic rings. The number of nitrogens with one attached hydrogen (secondary N) is 1. The smallest absolute Gasteiger partial charge is 0.267 e. The third-order valence-corrected chi connectivity index (χ3v) is 2.77. The molecule has 0 spiro atoms. The summed E-state index contributed by atoms with van der Waals surface area (Å²) in [7, 11) is 0. The van der Waals surface area contributed by atoms with E-state index in [2.05, 4.69) is 10.5 Å². The van der Waals surface area contributed by atoms with Crippen molar-refractivity contribution in [3.05, 3.63) is 72.3 Å². The van der Waals surface area contributed by atoms with Crippen molar-refractivity contribution in [1.29, 1.82) is 0 Å². The molecule has 3 nitrogen and oxygen atoms in total. The summed E-state index contributed by atoms with van der Waals surface area (Å²) >= 11 is 0. The molecule has 0 atom stereocenters. The molecule has 0 radical (unpaired) electrons. The van der Waals surface area contributed by atoms with Gasteiger partial charge in [-0.25, -0.2) is 5.43 Å². The quantitative estimate of drug-likeness (QED) is 0.664. The highest BCUT2D eigenvalue weighted by molar-refractivity contribution is 5.95. The molecule has 100 valence electrons. The molecule has 0 saturated carbocycles. The molecular weight excluding hydrogens is 248 g/mol. The molecule has 0 heterocycles. The zero-order chi connectivity index (χ0) is 14.2. The predicted molar refractivity (Wildman–Crippen MR) is 82.7 cm³/mol. The Labute approximate surface area is 118 Å². The number of amides is 1. The van der Waals surface area contributed by atoms with E-state index < -0.39 is 0 Å². The summed E-state index contributed by atoms with van der Waals surface area (Å²) in [5.74, 6) is -0.217. The molecule has 0 bridgehead atoms. The third-order valence-electron chi connectivity index (χ3n) is 2.77. The molecule has 2 rings (SSSR count). The lowest BCUT2D eigenvalue weighted by molar-refractivity contribution is 0.0955. The number of hydrogen-bond donors (Lipinski definition) is 1. The van der Waals surface area contributed by atoms with Crippen LogP contribution in [0.1, 0.15) is 17.3 Å². The number of rotatable bonds is 4. The van der Waals surface area contributed by atoms with Crippen LogP contribution in [0.2, 0.25) is 0 Å². The van der Waals surface area contributed by atoms with E-state index in [-0.39, 0.29) is 5.91 Å². The van der Waals surface area contributed by atoms with E-state index in [1.165, 1.54) is 6.21 Å². The Morgan fingerprint density at radius 2 is 1.65 bits per heavy atom. The average molecular weight is 264 g/mol. The van der Waals surface area contributed by atoms with E-state index >= 15 is 0 Å². The van der Waals surface area contributed by atoms with Crippen LogP contribution in [0.3, 0.4) is 0 Å². The Balaban J connectivity index is 2.07. The van der Waals surface area contributed by atoms with Crippen molar-refractivity contribution >= 4 is 12.1 Å². The number of allylic oxidation sites excluding steroid dienone is 2. The van der Waals surface area contributed by atoms with Gasteiger partial charge in [0.1, 0.15) is 0 Å². The second kappa shape index (κ2) is 7.04. The van der Waals surface area contributed by atoms with Crippen molar-refractivity contribution in [1.82, 2.24) is 5.43 Å². The van der Waals surface area contributed by atoms with Gasteiger partial charge in [-0.1, -0.05) is 48.5 Å². The van der Waals surface area contributed by atoms with Crippen LogP contribution in [0.15, 0.2) is 71.9 Å². The topological polar surface area (TPSA) is 41.5 Å². The van der Waals surface area contributed by atoms with Gasteiger partial charge in [-0.05, 0) is 36.3 Å². The summed E-state index contributed by atoms with van der Waals surface area (Å²) in [4.78, 5) is 11.8. The van der Waals surface area contributed by atoms with Gasteiger partial charge < -0.3 is 0 Å². The standard InChI is InChI=1S/C17H16N2O/c1-2-3-13-18-19-17(20)16-11-9-15(10-12-16)14-7-5-4-6-8-14/h2-13H,1H3,(H,19,20)/b3-2+,18-13+. The van der Waals surface area contributed by atoms with Gasteiger partial charge in [-0.3, -0.25) is 4.79 Å². The van der Waals surface area contributed by atoms with Gasteiger partial charge in [0.2, 0.25) is 0 Å². The Hall–Kier alpha value is -2.68. The van der Waals surface area contributed by atoms with E-state index in [1.54, 1.807) is 18.2 Å². The van der Waals surface area contributed by atoms with Crippen LogP contribution in [-0.4, -0.2) is 12.1 Å². The molecule has 0 saturated heterocycles. The van der Waals surface area contributed by atoms with Crippen LogP contribution in [0.4, 0.5) is 0 Å². The first kappa shape index (κ1) is 13.7. The summed E-state index contributed by atoms with van der Waals surface area (Å²) in [6.45, 7) is 1.89. The van der Waals surface area contributed by atoms with E-state index in [9.17, 15) is 4.79 Å². The zero-order valence-electron chi connectivity index (χ0n) is 11.3. The van der Waals surface area contributed by atoms with Crippen LogP contribution in [0.5, 0.6) is 0 Å². The second-order valence-electron chi connectivity index (χ2n) is 4.19. The molecule has 0 aliphatic rings. The maximum Gasteiger partial charge on any atom is 0.271 e. The number of benzene rings is 2. The number of hydrazone groups is 1. The monoisotopic (exact) mass is 264 g/mol. The molecule has 0 unspecified atom stereocenters. The van der Waals surface area contributed by atoms with E-state index in [0.717, 1.165) is 11.1 Å². The summed E-state index contributed by atoms with van der Waals surface area (Å²) in [5, 5.41) is 3.81. The van der Waals surface area contributed by atoms with Crippen molar-refractivity contribution in [2.45, 2.75) is 6.92 Å². The van der Waals surface area contributed by atoms with Crippen LogP contribution in [0, 0.1) is 0 Å². The largest absolute Gasteiger partial charge is 0.271 e. The molecule has 0 aliphatic heterocycles. The summed E-state index contributed by atoms with van der Waals surface area (Å²) in [6, 6.07) is 17.5. The van der Waals surface area contributed by atoms with Crippen molar-refractivity contribution in [2.75, 3.05) is 0 Å². The minimum absolute atomic E-state index is 0.217. The van der Waals surface area contributed by atoms with Gasteiger partial charge in [0.25, 0.3) is 5.91 Å².